The lowest BCUT2D eigenvalue weighted by Gasteiger charge is -2.05. The Morgan fingerprint density at radius 2 is 2.09 bits per heavy atom. The van der Waals surface area contributed by atoms with Crippen LogP contribution in [-0.2, 0) is 9.53 Å². The zero-order chi connectivity index (χ0) is 8.69. The summed E-state index contributed by atoms with van der Waals surface area (Å²) in [5, 5.41) is 0. The number of ether oxygens (including phenoxy) is 1. The monoisotopic (exact) mass is 158 g/mol. The van der Waals surface area contributed by atoms with E-state index in [1.54, 1.807) is 0 Å². The van der Waals surface area contributed by atoms with Crippen molar-refractivity contribution in [2.75, 3.05) is 6.61 Å². The van der Waals surface area contributed by atoms with Gasteiger partial charge in [0.15, 0.2) is 5.78 Å². The van der Waals surface area contributed by atoms with Gasteiger partial charge in [0.25, 0.3) is 0 Å². The molecule has 0 spiro atoms. The highest BCUT2D eigenvalue weighted by Crippen LogP contribution is 1.97. The van der Waals surface area contributed by atoms with Gasteiger partial charge in [-0.05, 0) is 20.3 Å². The number of hydrogen-bond donors (Lipinski definition) is 0. The Labute approximate surface area is 68.9 Å². The maximum Gasteiger partial charge on any atom is 0.158 e. The molecule has 0 aromatic carbocycles. The van der Waals surface area contributed by atoms with Crippen molar-refractivity contribution in [2.24, 2.45) is 0 Å². The Morgan fingerprint density at radius 3 is 2.55 bits per heavy atom. The summed E-state index contributed by atoms with van der Waals surface area (Å²) in [6.07, 6.45) is 2.90. The van der Waals surface area contributed by atoms with E-state index >= 15 is 0 Å². The molecule has 0 aliphatic carbocycles. The predicted molar refractivity (Wildman–Crippen MR) is 45.6 cm³/mol. The maximum absolute atomic E-state index is 11.0. The summed E-state index contributed by atoms with van der Waals surface area (Å²) in [6.45, 7) is 6.24. The topological polar surface area (TPSA) is 26.3 Å². The second-order valence-electron chi connectivity index (χ2n) is 3.00. The molecule has 0 aromatic heterocycles. The molecule has 0 aliphatic heterocycles. The number of Topliss-reactive ketones (excluding diaryl/α,β-unsaturated/α-hetero) is 1. The fourth-order valence-corrected chi connectivity index (χ4v) is 0.706. The van der Waals surface area contributed by atoms with Crippen LogP contribution in [0.3, 0.4) is 0 Å². The molecular formula is C9H18O2. The first-order valence-electron chi connectivity index (χ1n) is 4.30. The molecule has 0 radical (unpaired) electrons. The molecule has 0 rings (SSSR count). The molecule has 0 heterocycles. The Morgan fingerprint density at radius 1 is 1.45 bits per heavy atom. The van der Waals surface area contributed by atoms with Gasteiger partial charge in [0.1, 0.15) is 6.61 Å². The zero-order valence-electron chi connectivity index (χ0n) is 7.72. The fraction of sp³-hybridized carbons (Fsp3) is 0.889. The highest BCUT2D eigenvalue weighted by Gasteiger charge is 2.01. The van der Waals surface area contributed by atoms with Crippen LogP contribution in [0.1, 0.15) is 40.0 Å². The highest BCUT2D eigenvalue weighted by atomic mass is 16.5. The lowest BCUT2D eigenvalue weighted by atomic mass is 10.2. The standard InChI is InChI=1S/C9H18O2/c1-4-5-6-9(10)7-11-8(2)3/h8H,4-7H2,1-3H3. The average Bonchev–Trinajstić information content (AvgIpc) is 1.97. The minimum Gasteiger partial charge on any atom is -0.371 e. The van der Waals surface area contributed by atoms with Crippen molar-refractivity contribution in [1.82, 2.24) is 0 Å². The number of hydrogen-bond acceptors (Lipinski definition) is 2. The highest BCUT2D eigenvalue weighted by molar-refractivity contribution is 5.79. The van der Waals surface area contributed by atoms with Gasteiger partial charge < -0.3 is 4.74 Å². The summed E-state index contributed by atoms with van der Waals surface area (Å²) in [7, 11) is 0. The summed E-state index contributed by atoms with van der Waals surface area (Å²) in [5.41, 5.74) is 0. The van der Waals surface area contributed by atoms with Crippen LogP contribution in [0.5, 0.6) is 0 Å². The van der Waals surface area contributed by atoms with Gasteiger partial charge in [0.2, 0.25) is 0 Å². The summed E-state index contributed by atoms with van der Waals surface area (Å²) >= 11 is 0. The van der Waals surface area contributed by atoms with E-state index in [-0.39, 0.29) is 18.5 Å². The lowest BCUT2D eigenvalue weighted by Crippen LogP contribution is -2.12. The Kier molecular flexibility index (Phi) is 6.13. The molecule has 0 amide bonds. The van der Waals surface area contributed by atoms with Gasteiger partial charge >= 0.3 is 0 Å². The third kappa shape index (κ3) is 7.53. The molecule has 0 saturated carbocycles. The van der Waals surface area contributed by atoms with Gasteiger partial charge in [0, 0.05) is 6.42 Å². The fourth-order valence-electron chi connectivity index (χ4n) is 0.706. The van der Waals surface area contributed by atoms with Gasteiger partial charge in [0.05, 0.1) is 6.10 Å². The Balaban J connectivity index is 3.23. The third-order valence-electron chi connectivity index (χ3n) is 1.39. The van der Waals surface area contributed by atoms with Crippen LogP contribution >= 0.6 is 0 Å². The predicted octanol–water partition coefficient (Wildman–Crippen LogP) is 2.17. The largest absolute Gasteiger partial charge is 0.371 e. The van der Waals surface area contributed by atoms with Crippen LogP contribution in [0.25, 0.3) is 0 Å². The summed E-state index contributed by atoms with van der Waals surface area (Å²) < 4.78 is 5.15. The maximum atomic E-state index is 11.0. The molecule has 2 nitrogen and oxygen atoms in total. The van der Waals surface area contributed by atoms with Crippen LogP contribution in [0, 0.1) is 0 Å². The molecule has 0 aliphatic rings. The van der Waals surface area contributed by atoms with Crippen LogP contribution < -0.4 is 0 Å². The third-order valence-corrected chi connectivity index (χ3v) is 1.39. The second-order valence-corrected chi connectivity index (χ2v) is 3.00. The van der Waals surface area contributed by atoms with Crippen molar-refractivity contribution >= 4 is 5.78 Å². The number of carbonyl (C=O) groups is 1. The molecule has 2 heteroatoms. The van der Waals surface area contributed by atoms with Gasteiger partial charge in [-0.1, -0.05) is 13.3 Å². The Hall–Kier alpha value is -0.370. The van der Waals surface area contributed by atoms with Gasteiger partial charge in [-0.15, -0.1) is 0 Å². The van der Waals surface area contributed by atoms with Gasteiger partial charge in [-0.3, -0.25) is 4.79 Å². The number of unbranched alkanes of at least 4 members (excludes halogenated alkanes) is 1. The molecule has 0 aromatic rings. The molecule has 0 bridgehead atoms. The molecule has 0 N–H and O–H groups in total. The quantitative estimate of drug-likeness (QED) is 0.592. The summed E-state index contributed by atoms with van der Waals surface area (Å²) in [5.74, 6) is 0.223. The molecular weight excluding hydrogens is 140 g/mol. The molecule has 0 fully saturated rings. The van der Waals surface area contributed by atoms with E-state index in [2.05, 4.69) is 6.92 Å². The van der Waals surface area contributed by atoms with Gasteiger partial charge in [-0.25, -0.2) is 0 Å². The first-order chi connectivity index (χ1) is 5.16. The van der Waals surface area contributed by atoms with Crippen molar-refractivity contribution < 1.29 is 9.53 Å². The lowest BCUT2D eigenvalue weighted by molar-refractivity contribution is -0.125. The normalized spacial score (nSPS) is 10.5. The van der Waals surface area contributed by atoms with E-state index in [0.717, 1.165) is 12.8 Å². The van der Waals surface area contributed by atoms with E-state index in [1.807, 2.05) is 13.8 Å². The van der Waals surface area contributed by atoms with E-state index < -0.39 is 0 Å². The number of rotatable bonds is 6. The first-order valence-corrected chi connectivity index (χ1v) is 4.30. The minimum atomic E-state index is 0.167. The van der Waals surface area contributed by atoms with E-state index in [0.29, 0.717) is 6.42 Å². The van der Waals surface area contributed by atoms with Crippen LogP contribution in [0.15, 0.2) is 0 Å². The van der Waals surface area contributed by atoms with Crippen LogP contribution in [-0.4, -0.2) is 18.5 Å². The van der Waals surface area contributed by atoms with E-state index in [4.69, 9.17) is 4.74 Å². The van der Waals surface area contributed by atoms with Crippen molar-refractivity contribution in [1.29, 1.82) is 0 Å². The molecule has 0 saturated heterocycles. The molecule has 0 atom stereocenters. The zero-order valence-corrected chi connectivity index (χ0v) is 7.72. The first kappa shape index (κ1) is 10.6. The SMILES string of the molecule is CCCCC(=O)COC(C)C. The molecule has 11 heavy (non-hydrogen) atoms. The smallest absolute Gasteiger partial charge is 0.158 e. The minimum absolute atomic E-state index is 0.167. The van der Waals surface area contributed by atoms with E-state index in [9.17, 15) is 4.79 Å². The van der Waals surface area contributed by atoms with Crippen LogP contribution in [0.4, 0.5) is 0 Å². The van der Waals surface area contributed by atoms with Crippen molar-refractivity contribution in [2.45, 2.75) is 46.1 Å². The van der Waals surface area contributed by atoms with E-state index in [1.165, 1.54) is 0 Å². The Bertz CT molecular complexity index is 108. The average molecular weight is 158 g/mol. The molecule has 0 unspecified atom stereocenters. The van der Waals surface area contributed by atoms with Crippen molar-refractivity contribution in [3.63, 3.8) is 0 Å². The second kappa shape index (κ2) is 6.35. The van der Waals surface area contributed by atoms with Gasteiger partial charge in [-0.2, -0.15) is 0 Å². The number of ketones is 1. The summed E-state index contributed by atoms with van der Waals surface area (Å²) in [4.78, 5) is 11.0. The van der Waals surface area contributed by atoms with Crippen LogP contribution in [0.2, 0.25) is 0 Å². The van der Waals surface area contributed by atoms with Crippen molar-refractivity contribution in [3.05, 3.63) is 0 Å². The summed E-state index contributed by atoms with van der Waals surface area (Å²) in [6, 6.07) is 0. The number of carbonyl (C=O) groups excluding carboxylic acids is 1. The molecule has 66 valence electrons. The van der Waals surface area contributed by atoms with Crippen molar-refractivity contribution in [3.8, 4) is 0 Å².